The van der Waals surface area contributed by atoms with Crippen LogP contribution in [0.4, 0.5) is 13.2 Å². The summed E-state index contributed by atoms with van der Waals surface area (Å²) in [5.74, 6) is -1.83. The van der Waals surface area contributed by atoms with Crippen LogP contribution in [0.1, 0.15) is 23.6 Å². The van der Waals surface area contributed by atoms with Crippen molar-refractivity contribution in [2.24, 2.45) is 0 Å². The van der Waals surface area contributed by atoms with Crippen molar-refractivity contribution < 1.29 is 27.8 Å². The number of ether oxygens (including phenoxy) is 1. The van der Waals surface area contributed by atoms with Gasteiger partial charge in [-0.3, -0.25) is 4.79 Å². The molecule has 19 heavy (non-hydrogen) atoms. The van der Waals surface area contributed by atoms with E-state index in [4.69, 9.17) is 5.26 Å². The molecule has 0 aromatic heterocycles. The van der Waals surface area contributed by atoms with Crippen LogP contribution in [0.15, 0.2) is 12.1 Å². The van der Waals surface area contributed by atoms with E-state index < -0.39 is 29.9 Å². The maximum atomic E-state index is 12.6. The van der Waals surface area contributed by atoms with E-state index in [1.165, 1.54) is 0 Å². The number of benzene rings is 1. The minimum Gasteiger partial charge on any atom is -0.507 e. The minimum atomic E-state index is -4.81. The maximum Gasteiger partial charge on any atom is 0.420 e. The summed E-state index contributed by atoms with van der Waals surface area (Å²) >= 11 is 0. The van der Waals surface area contributed by atoms with Crippen LogP contribution in [0.3, 0.4) is 0 Å². The van der Waals surface area contributed by atoms with E-state index in [1.54, 1.807) is 13.0 Å². The van der Waals surface area contributed by atoms with Crippen LogP contribution in [-0.2, 0) is 22.1 Å². The Labute approximate surface area is 107 Å². The lowest BCUT2D eigenvalue weighted by molar-refractivity contribution is -0.143. The Balaban J connectivity index is 3.25. The van der Waals surface area contributed by atoms with Crippen molar-refractivity contribution in [1.29, 1.82) is 5.26 Å². The smallest absolute Gasteiger partial charge is 0.420 e. The molecule has 0 fully saturated rings. The topological polar surface area (TPSA) is 70.3 Å². The number of carbonyl (C=O) groups is 1. The largest absolute Gasteiger partial charge is 0.507 e. The Morgan fingerprint density at radius 2 is 2.11 bits per heavy atom. The Morgan fingerprint density at radius 3 is 2.58 bits per heavy atom. The Morgan fingerprint density at radius 1 is 1.47 bits per heavy atom. The summed E-state index contributed by atoms with van der Waals surface area (Å²) in [5, 5.41) is 18.2. The number of phenolic OH excluding ortho intramolecular Hbond substituents is 1. The monoisotopic (exact) mass is 273 g/mol. The lowest BCUT2D eigenvalue weighted by atomic mass is 10.0. The zero-order valence-corrected chi connectivity index (χ0v) is 9.91. The molecule has 1 rings (SSSR count). The molecule has 0 unspecified atom stereocenters. The Kier molecular flexibility index (Phi) is 4.38. The molecule has 0 aliphatic carbocycles. The van der Waals surface area contributed by atoms with Gasteiger partial charge in [0.15, 0.2) is 0 Å². The van der Waals surface area contributed by atoms with E-state index in [0.29, 0.717) is 6.07 Å². The Hall–Kier alpha value is -2.23. The van der Waals surface area contributed by atoms with Crippen molar-refractivity contribution in [2.45, 2.75) is 19.5 Å². The van der Waals surface area contributed by atoms with Crippen LogP contribution in [0.2, 0.25) is 0 Å². The van der Waals surface area contributed by atoms with Crippen molar-refractivity contribution in [1.82, 2.24) is 0 Å². The van der Waals surface area contributed by atoms with E-state index in [9.17, 15) is 23.1 Å². The molecular formula is C12H10F3NO3. The molecule has 0 aliphatic heterocycles. The average Bonchev–Trinajstić information content (AvgIpc) is 2.30. The van der Waals surface area contributed by atoms with Gasteiger partial charge in [0.25, 0.3) is 0 Å². The van der Waals surface area contributed by atoms with Gasteiger partial charge in [0.1, 0.15) is 5.75 Å². The molecule has 0 radical (unpaired) electrons. The van der Waals surface area contributed by atoms with Gasteiger partial charge in [0, 0.05) is 5.56 Å². The summed E-state index contributed by atoms with van der Waals surface area (Å²) in [6.07, 6.45) is -5.33. The van der Waals surface area contributed by atoms with Crippen LogP contribution in [0, 0.1) is 11.3 Å². The van der Waals surface area contributed by atoms with Crippen molar-refractivity contribution in [3.63, 3.8) is 0 Å². The zero-order valence-electron chi connectivity index (χ0n) is 9.91. The van der Waals surface area contributed by atoms with E-state index in [-0.39, 0.29) is 17.7 Å². The first kappa shape index (κ1) is 14.8. The highest BCUT2D eigenvalue weighted by atomic mass is 19.4. The molecule has 4 nitrogen and oxygen atoms in total. The van der Waals surface area contributed by atoms with Gasteiger partial charge in [-0.25, -0.2) is 0 Å². The van der Waals surface area contributed by atoms with E-state index in [0.717, 1.165) is 6.07 Å². The van der Waals surface area contributed by atoms with Crippen molar-refractivity contribution >= 4 is 5.97 Å². The van der Waals surface area contributed by atoms with Gasteiger partial charge in [-0.15, -0.1) is 0 Å². The first-order valence-corrected chi connectivity index (χ1v) is 5.28. The molecule has 1 N–H and O–H groups in total. The molecule has 102 valence electrons. The highest BCUT2D eigenvalue weighted by Crippen LogP contribution is 2.38. The summed E-state index contributed by atoms with van der Waals surface area (Å²) in [4.78, 5) is 11.2. The molecule has 1 aromatic rings. The van der Waals surface area contributed by atoms with Crippen molar-refractivity contribution in [3.05, 3.63) is 28.8 Å². The number of nitriles is 1. The summed E-state index contributed by atoms with van der Waals surface area (Å²) in [5.41, 5.74) is -1.92. The number of hydrogen-bond acceptors (Lipinski definition) is 4. The lowest BCUT2D eigenvalue weighted by Gasteiger charge is -2.13. The molecule has 1 aromatic carbocycles. The molecule has 0 atom stereocenters. The third-order valence-corrected chi connectivity index (χ3v) is 2.26. The predicted octanol–water partition coefficient (Wildman–Crippen LogP) is 2.39. The number of carbonyl (C=O) groups excluding carboxylic acids is 1. The van der Waals surface area contributed by atoms with Crippen LogP contribution in [-0.4, -0.2) is 17.7 Å². The molecule has 7 heteroatoms. The first-order chi connectivity index (χ1) is 8.79. The number of aromatic hydroxyl groups is 1. The number of alkyl halides is 3. The minimum absolute atomic E-state index is 0.0731. The normalized spacial score (nSPS) is 10.9. The average molecular weight is 273 g/mol. The lowest BCUT2D eigenvalue weighted by Crippen LogP contribution is -2.11. The first-order valence-electron chi connectivity index (χ1n) is 5.28. The third kappa shape index (κ3) is 3.61. The van der Waals surface area contributed by atoms with Crippen LogP contribution in [0.25, 0.3) is 0 Å². The van der Waals surface area contributed by atoms with Crippen LogP contribution in [0.5, 0.6) is 5.75 Å². The molecule has 0 heterocycles. The molecule has 0 aliphatic rings. The zero-order chi connectivity index (χ0) is 14.6. The van der Waals surface area contributed by atoms with Crippen molar-refractivity contribution in [2.75, 3.05) is 6.61 Å². The molecule has 0 saturated carbocycles. The van der Waals surface area contributed by atoms with Gasteiger partial charge in [0.2, 0.25) is 0 Å². The standard InChI is InChI=1S/C12H10F3NO3/c1-2-19-10(17)5-8-3-7(6-16)4-9(11(8)18)12(13,14)15/h3-4,18H,2,5H2,1H3. The fraction of sp³-hybridized carbons (Fsp3) is 0.333. The van der Waals surface area contributed by atoms with Crippen LogP contribution >= 0.6 is 0 Å². The second-order valence-corrected chi connectivity index (χ2v) is 3.62. The van der Waals surface area contributed by atoms with E-state index >= 15 is 0 Å². The number of halogens is 3. The fourth-order valence-corrected chi connectivity index (χ4v) is 1.48. The maximum absolute atomic E-state index is 12.6. The van der Waals surface area contributed by atoms with Gasteiger partial charge in [-0.05, 0) is 19.1 Å². The fourth-order valence-electron chi connectivity index (χ4n) is 1.48. The van der Waals surface area contributed by atoms with E-state index in [1.807, 2.05) is 0 Å². The number of esters is 1. The van der Waals surface area contributed by atoms with Gasteiger partial charge in [0.05, 0.1) is 30.2 Å². The summed E-state index contributed by atoms with van der Waals surface area (Å²) < 4.78 is 42.5. The number of hydrogen-bond donors (Lipinski definition) is 1. The molecular weight excluding hydrogens is 263 g/mol. The second-order valence-electron chi connectivity index (χ2n) is 3.62. The van der Waals surface area contributed by atoms with Crippen molar-refractivity contribution in [3.8, 4) is 11.8 Å². The number of phenols is 1. The highest BCUT2D eigenvalue weighted by Gasteiger charge is 2.35. The number of nitrogens with zero attached hydrogens (tertiary/aromatic N) is 1. The predicted molar refractivity (Wildman–Crippen MR) is 58.2 cm³/mol. The van der Waals surface area contributed by atoms with Gasteiger partial charge < -0.3 is 9.84 Å². The summed E-state index contributed by atoms with van der Waals surface area (Å²) in [6, 6.07) is 3.11. The molecule has 0 spiro atoms. The number of rotatable bonds is 3. The molecule has 0 saturated heterocycles. The third-order valence-electron chi connectivity index (χ3n) is 2.26. The quantitative estimate of drug-likeness (QED) is 0.858. The molecule has 0 bridgehead atoms. The van der Waals surface area contributed by atoms with Gasteiger partial charge in [-0.2, -0.15) is 18.4 Å². The summed E-state index contributed by atoms with van der Waals surface area (Å²) in [6.45, 7) is 1.62. The van der Waals surface area contributed by atoms with Gasteiger partial charge >= 0.3 is 12.1 Å². The second kappa shape index (κ2) is 5.61. The SMILES string of the molecule is CCOC(=O)Cc1cc(C#N)cc(C(F)(F)F)c1O. The molecule has 0 amide bonds. The van der Waals surface area contributed by atoms with Gasteiger partial charge in [-0.1, -0.05) is 0 Å². The van der Waals surface area contributed by atoms with Crippen LogP contribution < -0.4 is 0 Å². The highest BCUT2D eigenvalue weighted by molar-refractivity contribution is 5.74. The Bertz CT molecular complexity index is 532. The van der Waals surface area contributed by atoms with E-state index in [2.05, 4.69) is 4.74 Å². The summed E-state index contributed by atoms with van der Waals surface area (Å²) in [7, 11) is 0.